The van der Waals surface area contributed by atoms with E-state index in [-0.39, 0.29) is 0 Å². The Bertz CT molecular complexity index is 96.7. The van der Waals surface area contributed by atoms with Gasteiger partial charge in [-0.2, -0.15) is 0 Å². The molecule has 0 atom stereocenters. The van der Waals surface area contributed by atoms with Gasteiger partial charge in [-0.05, 0) is 18.5 Å². The molecule has 0 spiro atoms. The molecule has 0 aromatic rings. The van der Waals surface area contributed by atoms with E-state index in [2.05, 4.69) is 11.9 Å². The molecule has 1 N–H and O–H groups in total. The molecule has 1 nitrogen and oxygen atoms in total. The lowest BCUT2D eigenvalue weighted by molar-refractivity contribution is 1.10. The molecular formula is C6H11NS. The highest BCUT2D eigenvalue weighted by molar-refractivity contribution is 8.02. The predicted molar refractivity (Wildman–Crippen MR) is 40.9 cm³/mol. The van der Waals surface area contributed by atoms with Crippen molar-refractivity contribution in [2.45, 2.75) is 0 Å². The van der Waals surface area contributed by atoms with Crippen LogP contribution in [0.5, 0.6) is 0 Å². The van der Waals surface area contributed by atoms with Gasteiger partial charge in [0.05, 0.1) is 0 Å². The Hall–Kier alpha value is -0.370. The van der Waals surface area contributed by atoms with Crippen LogP contribution in [-0.4, -0.2) is 13.3 Å². The summed E-state index contributed by atoms with van der Waals surface area (Å²) in [5.41, 5.74) is 0. The predicted octanol–water partition coefficient (Wildman–Crippen LogP) is 1.60. The molecule has 0 unspecified atom stereocenters. The minimum absolute atomic E-state index is 1.07. The average molecular weight is 129 g/mol. The fourth-order valence-corrected chi connectivity index (χ4v) is 0.448. The van der Waals surface area contributed by atoms with E-state index in [9.17, 15) is 0 Å². The van der Waals surface area contributed by atoms with E-state index in [1.54, 1.807) is 11.8 Å². The summed E-state index contributed by atoms with van der Waals surface area (Å²) in [6.07, 6.45) is 5.80. The Labute approximate surface area is 54.9 Å². The van der Waals surface area contributed by atoms with Crippen LogP contribution in [0.3, 0.4) is 0 Å². The molecule has 0 fully saturated rings. The topological polar surface area (TPSA) is 12.0 Å². The summed E-state index contributed by atoms with van der Waals surface area (Å²) in [6.45, 7) is 3.75. The summed E-state index contributed by atoms with van der Waals surface area (Å²) in [5.74, 6) is 0. The van der Waals surface area contributed by atoms with E-state index in [1.165, 1.54) is 0 Å². The maximum atomic E-state index is 3.75. The van der Waals surface area contributed by atoms with E-state index in [1.807, 2.05) is 25.6 Å². The van der Waals surface area contributed by atoms with Crippen molar-refractivity contribution in [2.75, 3.05) is 13.3 Å². The third kappa shape index (κ3) is 3.81. The second-order valence-electron chi connectivity index (χ2n) is 1.29. The second-order valence-corrected chi connectivity index (χ2v) is 2.23. The largest absolute Gasteiger partial charge is 0.394 e. The molecule has 0 aromatic carbocycles. The van der Waals surface area contributed by atoms with Gasteiger partial charge in [0.25, 0.3) is 0 Å². The van der Waals surface area contributed by atoms with Gasteiger partial charge in [0, 0.05) is 12.0 Å². The van der Waals surface area contributed by atoms with Crippen LogP contribution in [0.25, 0.3) is 0 Å². The van der Waals surface area contributed by atoms with E-state index < -0.39 is 0 Å². The first-order chi connectivity index (χ1) is 3.81. The monoisotopic (exact) mass is 129 g/mol. The molecule has 0 radical (unpaired) electrons. The molecule has 0 rings (SSSR count). The summed E-state index contributed by atoms with van der Waals surface area (Å²) in [5, 5.41) is 2.88. The van der Waals surface area contributed by atoms with Crippen LogP contribution >= 0.6 is 11.8 Å². The van der Waals surface area contributed by atoms with Crippen LogP contribution in [0, 0.1) is 0 Å². The van der Waals surface area contributed by atoms with Crippen LogP contribution < -0.4 is 5.32 Å². The standard InChI is InChI=1S/C6H11NS/c1-6(8-3)4-5-7-2/h4-5,7H,1H2,2-3H3/b5-4-. The molecule has 0 aliphatic rings. The first kappa shape index (κ1) is 7.63. The lowest BCUT2D eigenvalue weighted by atomic mass is 10.6. The lowest BCUT2D eigenvalue weighted by Crippen LogP contribution is -1.90. The summed E-state index contributed by atoms with van der Waals surface area (Å²) < 4.78 is 0. The number of thioether (sulfide) groups is 1. The number of allylic oxidation sites excluding steroid dienone is 1. The Morgan fingerprint density at radius 1 is 1.75 bits per heavy atom. The lowest BCUT2D eigenvalue weighted by Gasteiger charge is -1.89. The SMILES string of the molecule is C=C(/C=C\NC)SC. The highest BCUT2D eigenvalue weighted by Crippen LogP contribution is 2.07. The van der Waals surface area contributed by atoms with Gasteiger partial charge in [-0.1, -0.05) is 6.58 Å². The quantitative estimate of drug-likeness (QED) is 0.581. The summed E-state index contributed by atoms with van der Waals surface area (Å²) >= 11 is 1.64. The molecule has 0 aliphatic carbocycles. The molecule has 0 aromatic heterocycles. The van der Waals surface area contributed by atoms with E-state index in [0.29, 0.717) is 0 Å². The third-order valence-electron chi connectivity index (χ3n) is 0.698. The molecule has 8 heavy (non-hydrogen) atoms. The zero-order valence-corrected chi connectivity index (χ0v) is 6.09. The summed E-state index contributed by atoms with van der Waals surface area (Å²) in [4.78, 5) is 1.07. The Morgan fingerprint density at radius 3 is 2.75 bits per heavy atom. The van der Waals surface area contributed by atoms with E-state index >= 15 is 0 Å². The first-order valence-electron chi connectivity index (χ1n) is 2.38. The molecule has 2 heteroatoms. The molecule has 0 aliphatic heterocycles. The first-order valence-corrected chi connectivity index (χ1v) is 3.60. The van der Waals surface area contributed by atoms with Crippen LogP contribution in [-0.2, 0) is 0 Å². The highest BCUT2D eigenvalue weighted by atomic mass is 32.2. The van der Waals surface area contributed by atoms with E-state index in [0.717, 1.165) is 4.91 Å². The normalized spacial score (nSPS) is 9.75. The van der Waals surface area contributed by atoms with Gasteiger partial charge < -0.3 is 5.32 Å². The maximum absolute atomic E-state index is 3.75. The van der Waals surface area contributed by atoms with E-state index in [4.69, 9.17) is 0 Å². The van der Waals surface area contributed by atoms with Gasteiger partial charge in [-0.15, -0.1) is 11.8 Å². The van der Waals surface area contributed by atoms with Crippen molar-refractivity contribution in [2.24, 2.45) is 0 Å². The number of hydrogen-bond donors (Lipinski definition) is 1. The van der Waals surface area contributed by atoms with Crippen molar-refractivity contribution >= 4 is 11.8 Å². The molecule has 46 valence electrons. The van der Waals surface area contributed by atoms with Crippen LogP contribution in [0.1, 0.15) is 0 Å². The minimum atomic E-state index is 1.07. The summed E-state index contributed by atoms with van der Waals surface area (Å²) in [6, 6.07) is 0. The Balaban J connectivity index is 3.37. The fourth-order valence-electron chi connectivity index (χ4n) is 0.244. The summed E-state index contributed by atoms with van der Waals surface area (Å²) in [7, 11) is 1.87. The molecular weight excluding hydrogens is 118 g/mol. The Morgan fingerprint density at radius 2 is 2.38 bits per heavy atom. The van der Waals surface area contributed by atoms with Crippen LogP contribution in [0.15, 0.2) is 23.8 Å². The van der Waals surface area contributed by atoms with Gasteiger partial charge in [-0.3, -0.25) is 0 Å². The molecule has 0 saturated carbocycles. The molecule has 0 heterocycles. The molecule has 0 saturated heterocycles. The van der Waals surface area contributed by atoms with Crippen molar-refractivity contribution in [3.8, 4) is 0 Å². The zero-order chi connectivity index (χ0) is 6.41. The van der Waals surface area contributed by atoms with Gasteiger partial charge >= 0.3 is 0 Å². The highest BCUT2D eigenvalue weighted by Gasteiger charge is 1.77. The third-order valence-corrected chi connectivity index (χ3v) is 1.36. The van der Waals surface area contributed by atoms with Gasteiger partial charge in [0.2, 0.25) is 0 Å². The fraction of sp³-hybridized carbons (Fsp3) is 0.333. The molecule has 0 bridgehead atoms. The average Bonchev–Trinajstić information content (AvgIpc) is 1.83. The number of nitrogens with one attached hydrogen (secondary N) is 1. The smallest absolute Gasteiger partial charge is 0.00277 e. The van der Waals surface area contributed by atoms with Gasteiger partial charge in [0.15, 0.2) is 0 Å². The van der Waals surface area contributed by atoms with Crippen molar-refractivity contribution in [3.63, 3.8) is 0 Å². The maximum Gasteiger partial charge on any atom is 0.00277 e. The van der Waals surface area contributed by atoms with Gasteiger partial charge in [-0.25, -0.2) is 0 Å². The van der Waals surface area contributed by atoms with Crippen LogP contribution in [0.4, 0.5) is 0 Å². The minimum Gasteiger partial charge on any atom is -0.394 e. The van der Waals surface area contributed by atoms with Crippen molar-refractivity contribution in [1.82, 2.24) is 5.32 Å². The van der Waals surface area contributed by atoms with Crippen molar-refractivity contribution < 1.29 is 0 Å². The Kier molecular flexibility index (Phi) is 4.56. The number of hydrogen-bond acceptors (Lipinski definition) is 2. The second kappa shape index (κ2) is 4.78. The van der Waals surface area contributed by atoms with Gasteiger partial charge in [0.1, 0.15) is 0 Å². The van der Waals surface area contributed by atoms with Crippen LogP contribution in [0.2, 0.25) is 0 Å². The van der Waals surface area contributed by atoms with Crippen molar-refractivity contribution in [1.29, 1.82) is 0 Å². The van der Waals surface area contributed by atoms with Crippen molar-refractivity contribution in [3.05, 3.63) is 23.8 Å². The zero-order valence-electron chi connectivity index (χ0n) is 5.27. The number of rotatable bonds is 3. The molecule has 0 amide bonds.